The molecule has 1 aliphatic rings. The topological polar surface area (TPSA) is 61.2 Å². The number of hydrogen-bond donors (Lipinski definition) is 0. The fourth-order valence-corrected chi connectivity index (χ4v) is 4.81. The number of fused-ring (bicyclic) bond motifs is 1. The van der Waals surface area contributed by atoms with Crippen LogP contribution in [0, 0.1) is 13.8 Å². The molecule has 1 aliphatic heterocycles. The lowest BCUT2D eigenvalue weighted by molar-refractivity contribution is 0.0937. The summed E-state index contributed by atoms with van der Waals surface area (Å²) in [6, 6.07) is 13.3. The van der Waals surface area contributed by atoms with Crippen LogP contribution in [0.15, 0.2) is 52.4 Å². The highest BCUT2D eigenvalue weighted by molar-refractivity contribution is 8.00. The van der Waals surface area contributed by atoms with E-state index < -0.39 is 0 Å². The van der Waals surface area contributed by atoms with Gasteiger partial charge >= 0.3 is 0 Å². The van der Waals surface area contributed by atoms with Gasteiger partial charge in [-0.3, -0.25) is 14.2 Å². The normalized spacial score (nSPS) is 17.4. The molecule has 0 spiro atoms. The zero-order chi connectivity index (χ0) is 21.3. The first-order valence-corrected chi connectivity index (χ1v) is 11.2. The smallest absolute Gasteiger partial charge is 0.262 e. The van der Waals surface area contributed by atoms with Gasteiger partial charge < -0.3 is 4.74 Å². The van der Waals surface area contributed by atoms with Crippen molar-refractivity contribution in [2.75, 3.05) is 6.61 Å². The predicted molar refractivity (Wildman–Crippen MR) is 121 cm³/mol. The Labute approximate surface area is 180 Å². The molecule has 2 aromatic carbocycles. The second kappa shape index (κ2) is 8.74. The molecule has 1 aromatic heterocycles. The molecule has 0 amide bonds. The molecule has 2 heterocycles. The number of aryl methyl sites for hydroxylation is 2. The van der Waals surface area contributed by atoms with E-state index in [2.05, 4.69) is 0 Å². The highest BCUT2D eigenvalue weighted by Gasteiger charge is 2.24. The van der Waals surface area contributed by atoms with Gasteiger partial charge in [-0.25, -0.2) is 4.98 Å². The van der Waals surface area contributed by atoms with E-state index in [1.54, 1.807) is 10.6 Å². The Morgan fingerprint density at radius 1 is 1.27 bits per heavy atom. The monoisotopic (exact) mass is 422 g/mol. The number of nitrogens with zero attached hydrogens (tertiary/aromatic N) is 2. The molecule has 156 valence electrons. The average Bonchev–Trinajstić information content (AvgIpc) is 3.25. The number of benzene rings is 2. The van der Waals surface area contributed by atoms with Gasteiger partial charge in [0.05, 0.1) is 28.8 Å². The highest BCUT2D eigenvalue weighted by atomic mass is 32.2. The third-order valence-corrected chi connectivity index (χ3v) is 6.64. The number of ketones is 1. The van der Waals surface area contributed by atoms with Gasteiger partial charge in [-0.05, 0) is 57.4 Å². The Balaban J connectivity index is 1.70. The SMILES string of the molecule is Cc1ccc(C)c(C(=O)[C@@H](C)Sc2nc3ccccc3c(=O)n2C[C@@H]2CCCO2)c1. The van der Waals surface area contributed by atoms with Crippen molar-refractivity contribution in [3.63, 3.8) is 0 Å². The fraction of sp³-hybridized carbons (Fsp3) is 0.375. The van der Waals surface area contributed by atoms with E-state index in [0.29, 0.717) is 22.6 Å². The van der Waals surface area contributed by atoms with Crippen molar-refractivity contribution in [2.24, 2.45) is 0 Å². The number of Topliss-reactive ketones (excluding diaryl/α,β-unsaturated/α-hetero) is 1. The Morgan fingerprint density at radius 3 is 2.83 bits per heavy atom. The number of hydrogen-bond acceptors (Lipinski definition) is 5. The van der Waals surface area contributed by atoms with Crippen LogP contribution in [-0.4, -0.2) is 33.3 Å². The maximum Gasteiger partial charge on any atom is 0.262 e. The van der Waals surface area contributed by atoms with Crippen LogP contribution in [0.25, 0.3) is 10.9 Å². The molecule has 30 heavy (non-hydrogen) atoms. The molecule has 4 rings (SSSR count). The standard InChI is InChI=1S/C24H26N2O3S/c1-15-10-11-16(2)20(13-15)22(27)17(3)30-24-25-21-9-5-4-8-19(21)23(28)26(24)14-18-7-6-12-29-18/h4-5,8-11,13,17-18H,6-7,12,14H2,1-3H3/t17-,18+/m1/s1. The fourth-order valence-electron chi connectivity index (χ4n) is 3.82. The van der Waals surface area contributed by atoms with E-state index in [1.165, 1.54) is 11.8 Å². The average molecular weight is 423 g/mol. The molecule has 0 bridgehead atoms. The van der Waals surface area contributed by atoms with Gasteiger partial charge in [0, 0.05) is 12.2 Å². The summed E-state index contributed by atoms with van der Waals surface area (Å²) < 4.78 is 7.46. The van der Waals surface area contributed by atoms with E-state index in [4.69, 9.17) is 9.72 Å². The zero-order valence-corrected chi connectivity index (χ0v) is 18.4. The molecule has 0 saturated carbocycles. The number of rotatable bonds is 6. The van der Waals surface area contributed by atoms with Gasteiger partial charge in [-0.15, -0.1) is 0 Å². The van der Waals surface area contributed by atoms with E-state index >= 15 is 0 Å². The number of carbonyl (C=O) groups is 1. The van der Waals surface area contributed by atoms with Crippen LogP contribution in [0.1, 0.15) is 41.3 Å². The lowest BCUT2D eigenvalue weighted by atomic mass is 10.0. The first-order chi connectivity index (χ1) is 14.4. The third-order valence-electron chi connectivity index (χ3n) is 5.55. The second-order valence-corrected chi connectivity index (χ2v) is 9.21. The van der Waals surface area contributed by atoms with Crippen LogP contribution in [-0.2, 0) is 11.3 Å². The van der Waals surface area contributed by atoms with Gasteiger partial charge in [-0.2, -0.15) is 0 Å². The molecule has 6 heteroatoms. The third kappa shape index (κ3) is 4.20. The molecule has 0 N–H and O–H groups in total. The molecule has 0 radical (unpaired) electrons. The van der Waals surface area contributed by atoms with Gasteiger partial charge in [-0.1, -0.05) is 41.6 Å². The second-order valence-electron chi connectivity index (χ2n) is 7.91. The van der Waals surface area contributed by atoms with Gasteiger partial charge in [0.1, 0.15) is 0 Å². The van der Waals surface area contributed by atoms with E-state index in [-0.39, 0.29) is 22.7 Å². The summed E-state index contributed by atoms with van der Waals surface area (Å²) in [5.41, 5.74) is 3.32. The maximum atomic E-state index is 13.2. The minimum absolute atomic E-state index is 0.00929. The first-order valence-electron chi connectivity index (χ1n) is 10.3. The summed E-state index contributed by atoms with van der Waals surface area (Å²) in [5.74, 6) is 0.0484. The summed E-state index contributed by atoms with van der Waals surface area (Å²) in [6.07, 6.45) is 1.94. The minimum atomic E-state index is -0.366. The number of carbonyl (C=O) groups excluding carboxylic acids is 1. The maximum absolute atomic E-state index is 13.2. The largest absolute Gasteiger partial charge is 0.376 e. The lowest BCUT2D eigenvalue weighted by Crippen LogP contribution is -2.29. The summed E-state index contributed by atoms with van der Waals surface area (Å²) in [7, 11) is 0. The lowest BCUT2D eigenvalue weighted by Gasteiger charge is -2.19. The minimum Gasteiger partial charge on any atom is -0.376 e. The van der Waals surface area contributed by atoms with Gasteiger partial charge in [0.2, 0.25) is 0 Å². The number of thioether (sulfide) groups is 1. The van der Waals surface area contributed by atoms with E-state index in [0.717, 1.165) is 36.1 Å². The van der Waals surface area contributed by atoms with Crippen LogP contribution >= 0.6 is 11.8 Å². The summed E-state index contributed by atoms with van der Waals surface area (Å²) in [4.78, 5) is 31.1. The Bertz CT molecular complexity index is 1150. The quantitative estimate of drug-likeness (QED) is 0.331. The Kier molecular flexibility index (Phi) is 6.06. The molecule has 0 aliphatic carbocycles. The molecule has 1 fully saturated rings. The summed E-state index contributed by atoms with van der Waals surface area (Å²) in [6.45, 7) is 7.00. The van der Waals surface area contributed by atoms with Crippen molar-refractivity contribution in [1.29, 1.82) is 0 Å². The van der Waals surface area contributed by atoms with E-state index in [1.807, 2.05) is 57.2 Å². The molecule has 2 atom stereocenters. The summed E-state index contributed by atoms with van der Waals surface area (Å²) in [5, 5.41) is 0.794. The predicted octanol–water partition coefficient (Wildman–Crippen LogP) is 4.56. The van der Waals surface area contributed by atoms with Crippen LogP contribution < -0.4 is 5.56 Å². The highest BCUT2D eigenvalue weighted by Crippen LogP contribution is 2.27. The number of ether oxygens (including phenoxy) is 1. The number of para-hydroxylation sites is 1. The van der Waals surface area contributed by atoms with Crippen LogP contribution in [0.3, 0.4) is 0 Å². The van der Waals surface area contributed by atoms with Crippen molar-refractivity contribution in [3.05, 3.63) is 69.5 Å². The molecule has 3 aromatic rings. The molecular weight excluding hydrogens is 396 g/mol. The first kappa shape index (κ1) is 20.8. The zero-order valence-electron chi connectivity index (χ0n) is 17.6. The van der Waals surface area contributed by atoms with Gasteiger partial charge in [0.25, 0.3) is 5.56 Å². The van der Waals surface area contributed by atoms with Crippen molar-refractivity contribution in [2.45, 2.75) is 56.7 Å². The van der Waals surface area contributed by atoms with Crippen molar-refractivity contribution in [1.82, 2.24) is 9.55 Å². The molecule has 5 nitrogen and oxygen atoms in total. The van der Waals surface area contributed by atoms with Crippen molar-refractivity contribution >= 4 is 28.4 Å². The van der Waals surface area contributed by atoms with Crippen LogP contribution in [0.2, 0.25) is 0 Å². The summed E-state index contributed by atoms with van der Waals surface area (Å²) >= 11 is 1.35. The molecule has 1 saturated heterocycles. The van der Waals surface area contributed by atoms with Crippen LogP contribution in [0.5, 0.6) is 0 Å². The van der Waals surface area contributed by atoms with Crippen LogP contribution in [0.4, 0.5) is 0 Å². The van der Waals surface area contributed by atoms with Crippen molar-refractivity contribution < 1.29 is 9.53 Å². The number of aromatic nitrogens is 2. The van der Waals surface area contributed by atoms with E-state index in [9.17, 15) is 9.59 Å². The molecule has 0 unspecified atom stereocenters. The molecular formula is C24H26N2O3S. The Morgan fingerprint density at radius 2 is 2.07 bits per heavy atom. The van der Waals surface area contributed by atoms with Crippen molar-refractivity contribution in [3.8, 4) is 0 Å². The Hall–Kier alpha value is -2.44. The van der Waals surface area contributed by atoms with Gasteiger partial charge in [0.15, 0.2) is 10.9 Å².